The number of anilines is 1. The highest BCUT2D eigenvalue weighted by atomic mass is 35.5. The smallest absolute Gasteiger partial charge is 0.161 e. The number of amidine groups is 1. The number of allylic oxidation sites excluding steroid dienone is 2. The van der Waals surface area contributed by atoms with Crippen LogP contribution in [0.2, 0.25) is 5.02 Å². The molecular weight excluding hydrogens is 434 g/mol. The van der Waals surface area contributed by atoms with Crippen molar-refractivity contribution in [2.45, 2.75) is 25.2 Å². The zero-order valence-electron chi connectivity index (χ0n) is 17.8. The third-order valence-electron chi connectivity index (χ3n) is 6.16. The van der Waals surface area contributed by atoms with E-state index >= 15 is 0 Å². The molecule has 164 valence electrons. The molecule has 2 aliphatic rings. The third kappa shape index (κ3) is 3.74. The fourth-order valence-electron chi connectivity index (χ4n) is 4.70. The summed E-state index contributed by atoms with van der Waals surface area (Å²) in [4.78, 5) is 19.4. The predicted octanol–water partition coefficient (Wildman–Crippen LogP) is 6.29. The van der Waals surface area contributed by atoms with Gasteiger partial charge in [-0.05, 0) is 60.9 Å². The molecule has 0 radical (unpaired) electrons. The molecule has 1 aliphatic heterocycles. The van der Waals surface area contributed by atoms with E-state index < -0.39 is 5.92 Å². The van der Waals surface area contributed by atoms with E-state index in [-0.39, 0.29) is 17.4 Å². The number of hydrogen-bond acceptors (Lipinski definition) is 4. The van der Waals surface area contributed by atoms with Crippen LogP contribution in [-0.4, -0.2) is 21.7 Å². The molecule has 0 spiro atoms. The molecule has 0 fully saturated rings. The Balaban J connectivity index is 1.82. The van der Waals surface area contributed by atoms with Gasteiger partial charge in [-0.15, -0.1) is 0 Å². The largest absolute Gasteiger partial charge is 0.507 e. The minimum Gasteiger partial charge on any atom is -0.507 e. The fraction of sp³-hybridized carbons (Fsp3) is 0.148. The van der Waals surface area contributed by atoms with Crippen molar-refractivity contribution in [3.8, 4) is 0 Å². The molecule has 6 heteroatoms. The van der Waals surface area contributed by atoms with Crippen molar-refractivity contribution >= 4 is 34.7 Å². The second kappa shape index (κ2) is 8.68. The van der Waals surface area contributed by atoms with Gasteiger partial charge in [-0.3, -0.25) is 20.1 Å². The fourth-order valence-corrected chi connectivity index (χ4v) is 4.82. The Morgan fingerprint density at radius 1 is 1.03 bits per heavy atom. The lowest BCUT2D eigenvalue weighted by atomic mass is 9.74. The molecular formula is C27H22ClN3O2. The SMILES string of the molecule is N=C1C(=C(O)c2ccc(Cl)cc2)[C@H](c2cccnc2)C2=C(CCCC2=O)N1c1ccccc1. The lowest BCUT2D eigenvalue weighted by molar-refractivity contribution is -0.116. The van der Waals surface area contributed by atoms with E-state index in [2.05, 4.69) is 4.98 Å². The summed E-state index contributed by atoms with van der Waals surface area (Å²) >= 11 is 6.06. The predicted molar refractivity (Wildman–Crippen MR) is 131 cm³/mol. The normalized spacial score (nSPS) is 20.0. The summed E-state index contributed by atoms with van der Waals surface area (Å²) in [6.07, 6.45) is 5.24. The van der Waals surface area contributed by atoms with Gasteiger partial charge in [-0.1, -0.05) is 35.9 Å². The van der Waals surface area contributed by atoms with Crippen LogP contribution in [0.25, 0.3) is 5.76 Å². The van der Waals surface area contributed by atoms with Crippen molar-refractivity contribution < 1.29 is 9.90 Å². The van der Waals surface area contributed by atoms with Crippen LogP contribution >= 0.6 is 11.6 Å². The molecule has 1 aliphatic carbocycles. The number of ketones is 1. The molecule has 1 aromatic heterocycles. The first-order chi connectivity index (χ1) is 16.1. The number of aromatic nitrogens is 1. The number of carbonyl (C=O) groups excluding carboxylic acids is 1. The third-order valence-corrected chi connectivity index (χ3v) is 6.41. The second-order valence-electron chi connectivity index (χ2n) is 8.15. The van der Waals surface area contributed by atoms with Crippen LogP contribution in [0.4, 0.5) is 5.69 Å². The van der Waals surface area contributed by atoms with Crippen LogP contribution in [-0.2, 0) is 4.79 Å². The number of nitrogens with one attached hydrogen (secondary N) is 1. The lowest BCUT2D eigenvalue weighted by Gasteiger charge is -2.41. The second-order valence-corrected chi connectivity index (χ2v) is 8.58. The van der Waals surface area contributed by atoms with Crippen molar-refractivity contribution in [3.63, 3.8) is 0 Å². The average Bonchev–Trinajstić information content (AvgIpc) is 2.84. The van der Waals surface area contributed by atoms with E-state index in [1.165, 1.54) is 0 Å². The van der Waals surface area contributed by atoms with Gasteiger partial charge in [0.1, 0.15) is 11.6 Å². The molecule has 0 unspecified atom stereocenters. The number of hydrogen-bond donors (Lipinski definition) is 2. The Hall–Kier alpha value is -3.70. The van der Waals surface area contributed by atoms with E-state index in [9.17, 15) is 15.3 Å². The molecule has 0 saturated heterocycles. The van der Waals surface area contributed by atoms with Crippen LogP contribution in [0.1, 0.15) is 36.3 Å². The molecule has 5 nitrogen and oxygen atoms in total. The van der Waals surface area contributed by atoms with Gasteiger partial charge in [0.25, 0.3) is 0 Å². The van der Waals surface area contributed by atoms with E-state index in [0.29, 0.717) is 34.6 Å². The van der Waals surface area contributed by atoms with Crippen molar-refractivity contribution in [2.24, 2.45) is 0 Å². The molecule has 0 bridgehead atoms. The Morgan fingerprint density at radius 2 is 1.79 bits per heavy atom. The summed E-state index contributed by atoms with van der Waals surface area (Å²) in [5.74, 6) is -0.433. The zero-order chi connectivity index (χ0) is 22.9. The zero-order valence-corrected chi connectivity index (χ0v) is 18.6. The minimum atomic E-state index is -0.579. The molecule has 1 atom stereocenters. The van der Waals surface area contributed by atoms with E-state index in [1.54, 1.807) is 41.6 Å². The number of carbonyl (C=O) groups is 1. The number of para-hydroxylation sites is 1. The number of Topliss-reactive ketones (excluding diaryl/α,β-unsaturated/α-hetero) is 1. The Kier molecular flexibility index (Phi) is 5.56. The van der Waals surface area contributed by atoms with Gasteiger partial charge in [0.2, 0.25) is 0 Å². The summed E-state index contributed by atoms with van der Waals surface area (Å²) in [5, 5.41) is 21.3. The van der Waals surface area contributed by atoms with Crippen LogP contribution in [0, 0.1) is 5.41 Å². The maximum Gasteiger partial charge on any atom is 0.161 e. The van der Waals surface area contributed by atoms with Crippen molar-refractivity contribution in [1.29, 1.82) is 5.41 Å². The summed E-state index contributed by atoms with van der Waals surface area (Å²) in [5.41, 5.74) is 3.93. The Morgan fingerprint density at radius 3 is 2.48 bits per heavy atom. The Bertz CT molecular complexity index is 1280. The number of halogens is 1. The highest BCUT2D eigenvalue weighted by Crippen LogP contribution is 2.47. The van der Waals surface area contributed by atoms with Crippen LogP contribution in [0.5, 0.6) is 0 Å². The summed E-state index contributed by atoms with van der Waals surface area (Å²) < 4.78 is 0. The topological polar surface area (TPSA) is 77.3 Å². The van der Waals surface area contributed by atoms with Gasteiger partial charge < -0.3 is 5.11 Å². The Labute approximate surface area is 197 Å². The number of aliphatic hydroxyl groups excluding tert-OH is 1. The van der Waals surface area contributed by atoms with Crippen LogP contribution in [0.15, 0.2) is 96.0 Å². The van der Waals surface area contributed by atoms with Crippen molar-refractivity contribution in [2.75, 3.05) is 4.90 Å². The van der Waals surface area contributed by atoms with E-state index in [0.717, 1.165) is 23.4 Å². The number of pyridine rings is 1. The van der Waals surface area contributed by atoms with Gasteiger partial charge in [-0.2, -0.15) is 0 Å². The molecule has 0 amide bonds. The first-order valence-corrected chi connectivity index (χ1v) is 11.2. The first-order valence-electron chi connectivity index (χ1n) is 10.9. The maximum atomic E-state index is 13.3. The number of rotatable bonds is 3. The molecule has 2 aromatic carbocycles. The number of benzene rings is 2. The highest BCUT2D eigenvalue weighted by Gasteiger charge is 2.43. The molecule has 2 N–H and O–H groups in total. The van der Waals surface area contributed by atoms with E-state index in [4.69, 9.17) is 11.6 Å². The molecule has 33 heavy (non-hydrogen) atoms. The number of nitrogens with zero attached hydrogens (tertiary/aromatic N) is 2. The first kappa shape index (κ1) is 21.2. The summed E-state index contributed by atoms with van der Waals surface area (Å²) in [6, 6.07) is 20.1. The standard InChI is InChI=1S/C27H22ClN3O2/c28-19-13-11-17(12-14-19)26(33)25-23(18-6-5-15-30-16-18)24-21(9-4-10-22(24)32)31(27(25)29)20-7-2-1-3-8-20/h1-3,5-8,11-16,23,29,33H,4,9-10H2/t23-/m1/s1. The van der Waals surface area contributed by atoms with Gasteiger partial charge in [0, 0.05) is 57.8 Å². The maximum absolute atomic E-state index is 13.3. The summed E-state index contributed by atoms with van der Waals surface area (Å²) in [6.45, 7) is 0. The summed E-state index contributed by atoms with van der Waals surface area (Å²) in [7, 11) is 0. The minimum absolute atomic E-state index is 0.0416. The van der Waals surface area contributed by atoms with Crippen LogP contribution < -0.4 is 4.90 Å². The monoisotopic (exact) mass is 455 g/mol. The van der Waals surface area contributed by atoms with Crippen molar-refractivity contribution in [3.05, 3.63) is 112 Å². The van der Waals surface area contributed by atoms with E-state index in [1.807, 2.05) is 42.5 Å². The molecule has 2 heterocycles. The average molecular weight is 456 g/mol. The quantitative estimate of drug-likeness (QED) is 0.455. The molecule has 3 aromatic rings. The molecule has 0 saturated carbocycles. The van der Waals surface area contributed by atoms with Gasteiger partial charge in [0.15, 0.2) is 5.78 Å². The number of aliphatic hydroxyl groups is 1. The van der Waals surface area contributed by atoms with Crippen molar-refractivity contribution in [1.82, 2.24) is 4.98 Å². The van der Waals surface area contributed by atoms with Gasteiger partial charge >= 0.3 is 0 Å². The van der Waals surface area contributed by atoms with Gasteiger partial charge in [-0.25, -0.2) is 0 Å². The highest BCUT2D eigenvalue weighted by molar-refractivity contribution is 6.30. The lowest BCUT2D eigenvalue weighted by Crippen LogP contribution is -2.42. The van der Waals surface area contributed by atoms with Crippen LogP contribution in [0.3, 0.4) is 0 Å². The molecule has 5 rings (SSSR count). The van der Waals surface area contributed by atoms with Gasteiger partial charge in [0.05, 0.1) is 0 Å².